The number of nitrogens with zero attached hydrogens (tertiary/aromatic N) is 2. The van der Waals surface area contributed by atoms with Gasteiger partial charge in [-0.05, 0) is 47.4 Å². The SMILES string of the molecule is CC(C)c1ccc(N2CCN(S(=O)(=O)c3ccc4c(c3)CC(=O)N4)CC2)cc1. The van der Waals surface area contributed by atoms with E-state index in [-0.39, 0.29) is 17.2 Å². The number of fused-ring (bicyclic) bond motifs is 1. The third kappa shape index (κ3) is 3.52. The molecule has 0 radical (unpaired) electrons. The maximum atomic E-state index is 13.0. The molecule has 0 bridgehead atoms. The molecule has 7 heteroatoms. The molecule has 6 nitrogen and oxygen atoms in total. The summed E-state index contributed by atoms with van der Waals surface area (Å²) < 4.78 is 27.6. The molecule has 1 saturated heterocycles. The van der Waals surface area contributed by atoms with Gasteiger partial charge in [-0.25, -0.2) is 8.42 Å². The normalized spacial score (nSPS) is 17.7. The van der Waals surface area contributed by atoms with Gasteiger partial charge in [-0.15, -0.1) is 0 Å². The monoisotopic (exact) mass is 399 g/mol. The number of amides is 1. The van der Waals surface area contributed by atoms with Gasteiger partial charge in [0.05, 0.1) is 11.3 Å². The van der Waals surface area contributed by atoms with Crippen molar-refractivity contribution in [1.29, 1.82) is 0 Å². The maximum absolute atomic E-state index is 13.0. The van der Waals surface area contributed by atoms with Gasteiger partial charge in [-0.2, -0.15) is 4.31 Å². The fourth-order valence-corrected chi connectivity index (χ4v) is 5.25. The smallest absolute Gasteiger partial charge is 0.243 e. The lowest BCUT2D eigenvalue weighted by Gasteiger charge is -2.35. The molecule has 2 aliphatic heterocycles. The van der Waals surface area contributed by atoms with E-state index in [4.69, 9.17) is 0 Å². The minimum Gasteiger partial charge on any atom is -0.369 e. The first-order chi connectivity index (χ1) is 13.3. The Bertz CT molecular complexity index is 992. The predicted octanol–water partition coefficient (Wildman–Crippen LogP) is 2.82. The van der Waals surface area contributed by atoms with E-state index >= 15 is 0 Å². The Morgan fingerprint density at radius 3 is 2.29 bits per heavy atom. The summed E-state index contributed by atoms with van der Waals surface area (Å²) in [5.41, 5.74) is 3.88. The summed E-state index contributed by atoms with van der Waals surface area (Å²) in [6.07, 6.45) is 0.235. The lowest BCUT2D eigenvalue weighted by Crippen LogP contribution is -2.48. The molecular weight excluding hydrogens is 374 g/mol. The third-order valence-corrected chi connectivity index (χ3v) is 7.40. The summed E-state index contributed by atoms with van der Waals surface area (Å²) in [5.74, 6) is 0.399. The summed E-state index contributed by atoms with van der Waals surface area (Å²) in [6.45, 7) is 6.55. The van der Waals surface area contributed by atoms with E-state index in [1.165, 1.54) is 9.87 Å². The van der Waals surface area contributed by atoms with Gasteiger partial charge in [0.2, 0.25) is 15.9 Å². The third-order valence-electron chi connectivity index (χ3n) is 5.50. The van der Waals surface area contributed by atoms with E-state index in [9.17, 15) is 13.2 Å². The van der Waals surface area contributed by atoms with Crippen molar-refractivity contribution in [1.82, 2.24) is 4.31 Å². The molecule has 28 heavy (non-hydrogen) atoms. The number of piperazine rings is 1. The van der Waals surface area contributed by atoms with Crippen LogP contribution in [0.1, 0.15) is 30.9 Å². The first-order valence-corrected chi connectivity index (χ1v) is 11.1. The van der Waals surface area contributed by atoms with Crippen LogP contribution in [-0.2, 0) is 21.2 Å². The number of rotatable bonds is 4. The van der Waals surface area contributed by atoms with Crippen LogP contribution in [0.2, 0.25) is 0 Å². The number of hydrogen-bond donors (Lipinski definition) is 1. The number of carbonyl (C=O) groups is 1. The van der Waals surface area contributed by atoms with Gasteiger partial charge >= 0.3 is 0 Å². The van der Waals surface area contributed by atoms with Crippen LogP contribution in [0, 0.1) is 0 Å². The van der Waals surface area contributed by atoms with Crippen LogP contribution >= 0.6 is 0 Å². The lowest BCUT2D eigenvalue weighted by atomic mass is 10.0. The zero-order chi connectivity index (χ0) is 19.9. The molecule has 0 unspecified atom stereocenters. The molecule has 0 atom stereocenters. The van der Waals surface area contributed by atoms with Crippen molar-refractivity contribution in [3.63, 3.8) is 0 Å². The van der Waals surface area contributed by atoms with E-state index in [0.29, 0.717) is 37.8 Å². The summed E-state index contributed by atoms with van der Waals surface area (Å²) in [6, 6.07) is 13.4. The fraction of sp³-hybridized carbons (Fsp3) is 0.381. The molecule has 0 spiro atoms. The Balaban J connectivity index is 1.46. The second-order valence-electron chi connectivity index (χ2n) is 7.68. The molecule has 1 N–H and O–H groups in total. The minimum absolute atomic E-state index is 0.0957. The summed E-state index contributed by atoms with van der Waals surface area (Å²) in [5, 5.41) is 2.74. The Morgan fingerprint density at radius 1 is 0.964 bits per heavy atom. The highest BCUT2D eigenvalue weighted by atomic mass is 32.2. The molecule has 2 heterocycles. The predicted molar refractivity (Wildman–Crippen MR) is 110 cm³/mol. The number of anilines is 2. The van der Waals surface area contributed by atoms with E-state index in [0.717, 1.165) is 11.3 Å². The zero-order valence-electron chi connectivity index (χ0n) is 16.2. The number of carbonyl (C=O) groups excluding carboxylic acids is 1. The Hall–Kier alpha value is -2.38. The highest BCUT2D eigenvalue weighted by molar-refractivity contribution is 7.89. The highest BCUT2D eigenvalue weighted by Gasteiger charge is 2.30. The van der Waals surface area contributed by atoms with Gasteiger partial charge < -0.3 is 10.2 Å². The van der Waals surface area contributed by atoms with Crippen molar-refractivity contribution < 1.29 is 13.2 Å². The van der Waals surface area contributed by atoms with Gasteiger partial charge in [-0.1, -0.05) is 26.0 Å². The molecule has 2 aromatic rings. The van der Waals surface area contributed by atoms with Crippen molar-refractivity contribution in [3.8, 4) is 0 Å². The maximum Gasteiger partial charge on any atom is 0.243 e. The fourth-order valence-electron chi connectivity index (χ4n) is 3.77. The molecule has 2 aliphatic rings. The van der Waals surface area contributed by atoms with Gasteiger partial charge in [0.25, 0.3) is 0 Å². The summed E-state index contributed by atoms with van der Waals surface area (Å²) in [4.78, 5) is 14.0. The minimum atomic E-state index is -3.56. The zero-order valence-corrected chi connectivity index (χ0v) is 17.0. The quantitative estimate of drug-likeness (QED) is 0.858. The van der Waals surface area contributed by atoms with Gasteiger partial charge in [0.1, 0.15) is 0 Å². The van der Waals surface area contributed by atoms with Crippen LogP contribution in [0.5, 0.6) is 0 Å². The van der Waals surface area contributed by atoms with Crippen LogP contribution in [0.4, 0.5) is 11.4 Å². The lowest BCUT2D eigenvalue weighted by molar-refractivity contribution is -0.115. The molecule has 4 rings (SSSR count). The second kappa shape index (κ2) is 7.22. The van der Waals surface area contributed by atoms with Crippen molar-refractivity contribution in [2.75, 3.05) is 36.4 Å². The van der Waals surface area contributed by atoms with Crippen molar-refractivity contribution in [2.45, 2.75) is 31.1 Å². The van der Waals surface area contributed by atoms with Crippen LogP contribution in [0.15, 0.2) is 47.4 Å². The van der Waals surface area contributed by atoms with Gasteiger partial charge in [-0.3, -0.25) is 4.79 Å². The average Bonchev–Trinajstić information content (AvgIpc) is 3.07. The largest absolute Gasteiger partial charge is 0.369 e. The van der Waals surface area contributed by atoms with E-state index in [1.54, 1.807) is 18.2 Å². The van der Waals surface area contributed by atoms with E-state index in [2.05, 4.69) is 48.3 Å². The van der Waals surface area contributed by atoms with Gasteiger partial charge in [0.15, 0.2) is 0 Å². The van der Waals surface area contributed by atoms with Crippen molar-refractivity contribution in [2.24, 2.45) is 0 Å². The van der Waals surface area contributed by atoms with Crippen LogP contribution in [0.25, 0.3) is 0 Å². The number of nitrogens with one attached hydrogen (secondary N) is 1. The molecule has 2 aromatic carbocycles. The number of sulfonamides is 1. The topological polar surface area (TPSA) is 69.7 Å². The number of hydrogen-bond acceptors (Lipinski definition) is 4. The molecule has 0 saturated carbocycles. The first kappa shape index (κ1) is 19.0. The van der Waals surface area contributed by atoms with Crippen LogP contribution in [0.3, 0.4) is 0 Å². The second-order valence-corrected chi connectivity index (χ2v) is 9.62. The Morgan fingerprint density at radius 2 is 1.64 bits per heavy atom. The summed E-state index contributed by atoms with van der Waals surface area (Å²) >= 11 is 0. The van der Waals surface area contributed by atoms with Gasteiger partial charge in [0, 0.05) is 37.6 Å². The van der Waals surface area contributed by atoms with Crippen molar-refractivity contribution >= 4 is 27.3 Å². The first-order valence-electron chi connectivity index (χ1n) is 9.62. The molecule has 148 valence electrons. The van der Waals surface area contributed by atoms with Crippen LogP contribution < -0.4 is 10.2 Å². The number of benzene rings is 2. The molecule has 1 amide bonds. The average molecular weight is 400 g/mol. The molecular formula is C21H25N3O3S. The molecule has 1 fully saturated rings. The van der Waals surface area contributed by atoms with E-state index in [1.807, 2.05) is 0 Å². The highest BCUT2D eigenvalue weighted by Crippen LogP contribution is 2.28. The van der Waals surface area contributed by atoms with Crippen molar-refractivity contribution in [3.05, 3.63) is 53.6 Å². The van der Waals surface area contributed by atoms with E-state index < -0.39 is 10.0 Å². The molecule has 0 aromatic heterocycles. The Kier molecular flexibility index (Phi) is 4.89. The Labute approximate surface area is 166 Å². The molecule has 0 aliphatic carbocycles. The van der Waals surface area contributed by atoms with Crippen LogP contribution in [-0.4, -0.2) is 44.8 Å². The standard InChI is InChI=1S/C21H25N3O3S/c1-15(2)16-3-5-18(6-4-16)23-9-11-24(12-10-23)28(26,27)19-7-8-20-17(13-19)14-21(25)22-20/h3-8,13,15H,9-12,14H2,1-2H3,(H,22,25). The summed E-state index contributed by atoms with van der Waals surface area (Å²) in [7, 11) is -3.56.